The molecule has 2 aliphatic heterocycles. The van der Waals surface area contributed by atoms with Gasteiger partial charge in [-0.15, -0.1) is 11.8 Å². The van der Waals surface area contributed by atoms with Crippen LogP contribution in [0.5, 0.6) is 17.2 Å². The number of hydrogen-bond donors (Lipinski definition) is 4. The average Bonchev–Trinajstić information content (AvgIpc) is 3.23. The number of carboxylic acids is 1. The van der Waals surface area contributed by atoms with Crippen molar-refractivity contribution in [3.63, 3.8) is 0 Å². The Morgan fingerprint density at radius 2 is 1.58 bits per heavy atom. The minimum atomic E-state index is -1.34. The SMILES string of the molecule is CCC(=O)Oc1ccc(C(=O)NC(C(=O)N[C@@H]2C(=O)N3[C@@H]2SC(C)(C)[C@@H]3C(=O)O)c2ccc(O)cc2)cc1OC(=O)CC. The molecule has 4 rings (SSSR count). The molecule has 13 nitrogen and oxygen atoms in total. The molecule has 0 saturated carbocycles. The van der Waals surface area contributed by atoms with Crippen LogP contribution in [0.2, 0.25) is 0 Å². The Kier molecular flexibility index (Phi) is 8.99. The minimum Gasteiger partial charge on any atom is -0.508 e. The number of aliphatic carboxylic acids is 1. The summed E-state index contributed by atoms with van der Waals surface area (Å²) in [7, 11) is 0. The maximum absolute atomic E-state index is 13.6. The maximum atomic E-state index is 13.6. The van der Waals surface area contributed by atoms with Gasteiger partial charge in [-0.05, 0) is 49.7 Å². The van der Waals surface area contributed by atoms with Crippen LogP contribution in [-0.4, -0.2) is 72.9 Å². The molecule has 0 radical (unpaired) electrons. The van der Waals surface area contributed by atoms with Gasteiger partial charge in [0.05, 0.1) is 0 Å². The number of aromatic hydroxyl groups is 1. The van der Waals surface area contributed by atoms with Gasteiger partial charge >= 0.3 is 17.9 Å². The fourth-order valence-electron chi connectivity index (χ4n) is 4.77. The third kappa shape index (κ3) is 6.43. The fourth-order valence-corrected chi connectivity index (χ4v) is 6.39. The molecule has 0 spiro atoms. The summed E-state index contributed by atoms with van der Waals surface area (Å²) in [4.78, 5) is 76.8. The van der Waals surface area contributed by atoms with Crippen molar-refractivity contribution in [3.8, 4) is 17.2 Å². The lowest BCUT2D eigenvalue weighted by atomic mass is 9.95. The number of phenols is 1. The molecule has 4 N–H and O–H groups in total. The van der Waals surface area contributed by atoms with Gasteiger partial charge in [0.2, 0.25) is 11.8 Å². The monoisotopic (exact) mass is 613 g/mol. The molecule has 0 aliphatic carbocycles. The quantitative estimate of drug-likeness (QED) is 0.175. The van der Waals surface area contributed by atoms with Gasteiger partial charge in [-0.3, -0.25) is 24.0 Å². The maximum Gasteiger partial charge on any atom is 0.327 e. The summed E-state index contributed by atoms with van der Waals surface area (Å²) in [5.41, 5.74) is 0.247. The zero-order chi connectivity index (χ0) is 31.6. The molecule has 228 valence electrons. The first-order valence-corrected chi connectivity index (χ1v) is 14.3. The minimum absolute atomic E-state index is 0.0156. The summed E-state index contributed by atoms with van der Waals surface area (Å²) < 4.78 is 9.67. The number of esters is 2. The Balaban J connectivity index is 1.59. The number of fused-ring (bicyclic) bond motifs is 1. The number of hydrogen-bond acceptors (Lipinski definition) is 10. The van der Waals surface area contributed by atoms with Gasteiger partial charge in [-0.1, -0.05) is 26.0 Å². The number of benzene rings is 2. The highest BCUT2D eigenvalue weighted by Gasteiger charge is 2.64. The topological polar surface area (TPSA) is 189 Å². The summed E-state index contributed by atoms with van der Waals surface area (Å²) in [5.74, 6) is -4.75. The summed E-state index contributed by atoms with van der Waals surface area (Å²) in [5, 5.41) is 24.0. The van der Waals surface area contributed by atoms with Crippen LogP contribution in [-0.2, 0) is 24.0 Å². The zero-order valence-electron chi connectivity index (χ0n) is 23.8. The van der Waals surface area contributed by atoms with Gasteiger partial charge in [0.25, 0.3) is 5.91 Å². The van der Waals surface area contributed by atoms with E-state index in [1.807, 2.05) is 0 Å². The van der Waals surface area contributed by atoms with E-state index in [1.165, 1.54) is 59.1 Å². The molecular formula is C29H31N3O10S. The lowest BCUT2D eigenvalue weighted by molar-refractivity contribution is -0.161. The number of β-lactam (4-membered cyclic amide) rings is 1. The highest BCUT2D eigenvalue weighted by atomic mass is 32.2. The molecule has 14 heteroatoms. The number of rotatable bonds is 10. The van der Waals surface area contributed by atoms with E-state index in [-0.39, 0.29) is 41.2 Å². The zero-order valence-corrected chi connectivity index (χ0v) is 24.6. The molecule has 4 atom stereocenters. The van der Waals surface area contributed by atoms with E-state index in [0.717, 1.165) is 0 Å². The Bertz CT molecular complexity index is 1480. The molecule has 3 amide bonds. The van der Waals surface area contributed by atoms with E-state index in [2.05, 4.69) is 10.6 Å². The summed E-state index contributed by atoms with van der Waals surface area (Å²) >= 11 is 1.26. The number of phenolic OH excluding ortho intramolecular Hbond substituents is 1. The Morgan fingerprint density at radius 3 is 2.16 bits per heavy atom. The molecule has 2 saturated heterocycles. The third-order valence-electron chi connectivity index (χ3n) is 6.97. The number of thioether (sulfide) groups is 1. The molecule has 2 aromatic rings. The van der Waals surface area contributed by atoms with Gasteiger partial charge in [0.1, 0.15) is 29.2 Å². The van der Waals surface area contributed by atoms with Crippen molar-refractivity contribution >= 4 is 47.4 Å². The van der Waals surface area contributed by atoms with Crippen LogP contribution in [0.3, 0.4) is 0 Å². The Labute approximate surface area is 250 Å². The van der Waals surface area contributed by atoms with Crippen molar-refractivity contribution in [2.45, 2.75) is 68.8 Å². The lowest BCUT2D eigenvalue weighted by Gasteiger charge is -2.44. The van der Waals surface area contributed by atoms with Crippen molar-refractivity contribution in [3.05, 3.63) is 53.6 Å². The number of nitrogens with zero attached hydrogens (tertiary/aromatic N) is 1. The number of carbonyl (C=O) groups is 6. The van der Waals surface area contributed by atoms with Crippen LogP contribution in [0.15, 0.2) is 42.5 Å². The molecule has 1 unspecified atom stereocenters. The van der Waals surface area contributed by atoms with Crippen LogP contribution < -0.4 is 20.1 Å². The van der Waals surface area contributed by atoms with Crippen molar-refractivity contribution in [1.82, 2.24) is 15.5 Å². The van der Waals surface area contributed by atoms with E-state index in [0.29, 0.717) is 0 Å². The Hall–Kier alpha value is -4.59. The highest BCUT2D eigenvalue weighted by molar-refractivity contribution is 8.01. The van der Waals surface area contributed by atoms with Gasteiger partial charge in [0, 0.05) is 23.2 Å². The van der Waals surface area contributed by atoms with Crippen LogP contribution in [0.1, 0.15) is 62.5 Å². The smallest absolute Gasteiger partial charge is 0.327 e. The van der Waals surface area contributed by atoms with Crippen LogP contribution >= 0.6 is 11.8 Å². The second kappa shape index (κ2) is 12.3. The van der Waals surface area contributed by atoms with Crippen molar-refractivity contribution in [2.24, 2.45) is 0 Å². The first-order chi connectivity index (χ1) is 20.3. The first kappa shape index (κ1) is 31.3. The van der Waals surface area contributed by atoms with Crippen molar-refractivity contribution in [2.75, 3.05) is 0 Å². The predicted octanol–water partition coefficient (Wildman–Crippen LogP) is 2.13. The molecule has 2 fully saturated rings. The van der Waals surface area contributed by atoms with Gasteiger partial charge in [-0.2, -0.15) is 0 Å². The van der Waals surface area contributed by atoms with E-state index in [4.69, 9.17) is 9.47 Å². The number of carbonyl (C=O) groups excluding carboxylic acids is 5. The average molecular weight is 614 g/mol. The molecule has 0 aromatic heterocycles. The van der Waals surface area contributed by atoms with Gasteiger partial charge in [-0.25, -0.2) is 4.79 Å². The molecule has 0 bridgehead atoms. The summed E-state index contributed by atoms with van der Waals surface area (Å²) in [6.45, 7) is 6.57. The molecule has 2 aromatic carbocycles. The fraction of sp³-hybridized carbons (Fsp3) is 0.379. The number of amides is 3. The van der Waals surface area contributed by atoms with E-state index >= 15 is 0 Å². The number of carboxylic acid groups (broad SMARTS) is 1. The first-order valence-electron chi connectivity index (χ1n) is 13.5. The van der Waals surface area contributed by atoms with Gasteiger partial charge < -0.3 is 35.2 Å². The third-order valence-corrected chi connectivity index (χ3v) is 8.54. The highest BCUT2D eigenvalue weighted by Crippen LogP contribution is 2.50. The normalized spacial score (nSPS) is 20.7. The van der Waals surface area contributed by atoms with Gasteiger partial charge in [0.15, 0.2) is 11.5 Å². The summed E-state index contributed by atoms with van der Waals surface area (Å²) in [6.07, 6.45) is 0.0730. The van der Waals surface area contributed by atoms with Crippen molar-refractivity contribution in [1.29, 1.82) is 0 Å². The van der Waals surface area contributed by atoms with Crippen LogP contribution in [0.4, 0.5) is 0 Å². The van der Waals surface area contributed by atoms with Crippen LogP contribution in [0.25, 0.3) is 0 Å². The second-order valence-corrected chi connectivity index (χ2v) is 12.2. The Morgan fingerprint density at radius 1 is 0.977 bits per heavy atom. The molecule has 43 heavy (non-hydrogen) atoms. The van der Waals surface area contributed by atoms with E-state index < -0.39 is 63.9 Å². The van der Waals surface area contributed by atoms with E-state index in [1.54, 1.807) is 27.7 Å². The number of nitrogens with one attached hydrogen (secondary N) is 2. The largest absolute Gasteiger partial charge is 0.508 e. The summed E-state index contributed by atoms with van der Waals surface area (Å²) in [6, 6.07) is 5.86. The second-order valence-electron chi connectivity index (χ2n) is 10.4. The predicted molar refractivity (Wildman–Crippen MR) is 152 cm³/mol. The molecular weight excluding hydrogens is 582 g/mol. The van der Waals surface area contributed by atoms with Crippen molar-refractivity contribution < 1.29 is 48.5 Å². The standard InChI is InChI=1S/C29H31N3O10S/c1-5-19(34)41-17-12-9-15(13-18(17)42-20(35)6-2)24(36)30-21(14-7-10-16(33)11-8-14)25(37)31-22-26(38)32-23(28(39)40)29(3,4)43-27(22)32/h7-13,21-23,27,33H,5-6H2,1-4H3,(H,30,36)(H,31,37)(H,39,40)/t21?,22-,23+,27-/m1/s1. The lowest BCUT2D eigenvalue weighted by Crippen LogP contribution is -2.71. The number of ether oxygens (including phenoxy) is 2. The van der Waals surface area contributed by atoms with E-state index in [9.17, 15) is 39.0 Å². The van der Waals surface area contributed by atoms with Crippen LogP contribution in [0, 0.1) is 0 Å². The molecule has 2 heterocycles. The molecule has 2 aliphatic rings.